The third-order valence-corrected chi connectivity index (χ3v) is 3.91. The standard InChI is InChI=1S/C13H18N4O3/c1-13(2)5-3-4-10(13)16-12(18)8-6-11(14)15-7-9(8)17(19)20/h6-7,10H,3-5H2,1-2H3,(H2,14,15)(H,16,18). The molecule has 1 fully saturated rings. The van der Waals surface area contributed by atoms with Crippen LogP contribution in [0.25, 0.3) is 0 Å². The zero-order valence-corrected chi connectivity index (χ0v) is 11.5. The largest absolute Gasteiger partial charge is 0.384 e. The van der Waals surface area contributed by atoms with E-state index in [9.17, 15) is 14.9 Å². The molecule has 0 radical (unpaired) electrons. The minimum atomic E-state index is -0.624. The van der Waals surface area contributed by atoms with Crippen molar-refractivity contribution in [2.75, 3.05) is 5.73 Å². The molecule has 1 heterocycles. The van der Waals surface area contributed by atoms with E-state index in [0.29, 0.717) is 0 Å². The molecular formula is C13H18N4O3. The zero-order valence-electron chi connectivity index (χ0n) is 11.5. The summed E-state index contributed by atoms with van der Waals surface area (Å²) < 4.78 is 0. The van der Waals surface area contributed by atoms with Crippen LogP contribution in [0.5, 0.6) is 0 Å². The molecule has 0 saturated heterocycles. The molecule has 0 bridgehead atoms. The van der Waals surface area contributed by atoms with Gasteiger partial charge in [0, 0.05) is 6.04 Å². The lowest BCUT2D eigenvalue weighted by Crippen LogP contribution is -2.41. The maximum absolute atomic E-state index is 12.3. The number of amides is 1. The van der Waals surface area contributed by atoms with Crippen LogP contribution in [0.1, 0.15) is 43.5 Å². The minimum Gasteiger partial charge on any atom is -0.384 e. The third-order valence-electron chi connectivity index (χ3n) is 3.91. The summed E-state index contributed by atoms with van der Waals surface area (Å²) in [4.78, 5) is 26.2. The summed E-state index contributed by atoms with van der Waals surface area (Å²) in [5, 5.41) is 13.8. The summed E-state index contributed by atoms with van der Waals surface area (Å²) in [6, 6.07) is 1.26. The van der Waals surface area contributed by atoms with Gasteiger partial charge in [-0.25, -0.2) is 4.98 Å². The first kappa shape index (κ1) is 14.2. The molecule has 3 N–H and O–H groups in total. The predicted octanol–water partition coefficient (Wildman–Crippen LogP) is 1.88. The highest BCUT2D eigenvalue weighted by Crippen LogP contribution is 2.37. The van der Waals surface area contributed by atoms with Crippen LogP contribution < -0.4 is 11.1 Å². The highest BCUT2D eigenvalue weighted by molar-refractivity contribution is 5.98. The highest BCUT2D eigenvalue weighted by Gasteiger charge is 2.36. The van der Waals surface area contributed by atoms with E-state index in [1.807, 2.05) is 0 Å². The number of hydrogen-bond donors (Lipinski definition) is 2. The molecule has 7 heteroatoms. The van der Waals surface area contributed by atoms with Gasteiger partial charge < -0.3 is 11.1 Å². The van der Waals surface area contributed by atoms with Gasteiger partial charge in [0.25, 0.3) is 11.6 Å². The number of nitrogens with one attached hydrogen (secondary N) is 1. The highest BCUT2D eigenvalue weighted by atomic mass is 16.6. The van der Waals surface area contributed by atoms with Crippen LogP contribution in [-0.2, 0) is 0 Å². The molecule has 1 aliphatic rings. The number of hydrogen-bond acceptors (Lipinski definition) is 5. The molecule has 0 aliphatic heterocycles. The molecule has 1 aliphatic carbocycles. The van der Waals surface area contributed by atoms with E-state index in [0.717, 1.165) is 25.5 Å². The lowest BCUT2D eigenvalue weighted by atomic mass is 9.87. The van der Waals surface area contributed by atoms with Crippen molar-refractivity contribution >= 4 is 17.4 Å². The Labute approximate surface area is 116 Å². The third kappa shape index (κ3) is 2.71. The van der Waals surface area contributed by atoms with Crippen LogP contribution in [0.3, 0.4) is 0 Å². The van der Waals surface area contributed by atoms with Crippen molar-refractivity contribution in [3.63, 3.8) is 0 Å². The fraction of sp³-hybridized carbons (Fsp3) is 0.538. The summed E-state index contributed by atoms with van der Waals surface area (Å²) in [5.41, 5.74) is 5.15. The van der Waals surface area contributed by atoms with Gasteiger partial charge in [-0.15, -0.1) is 0 Å². The number of anilines is 1. The monoisotopic (exact) mass is 278 g/mol. The molecule has 1 saturated carbocycles. The first-order valence-electron chi connectivity index (χ1n) is 6.52. The number of nitro groups is 1. The molecule has 0 aromatic carbocycles. The van der Waals surface area contributed by atoms with Gasteiger partial charge in [-0.1, -0.05) is 20.3 Å². The molecule has 108 valence electrons. The number of aromatic nitrogens is 1. The minimum absolute atomic E-state index is 0.00299. The normalized spacial score (nSPS) is 20.6. The molecule has 1 unspecified atom stereocenters. The van der Waals surface area contributed by atoms with Crippen LogP contribution >= 0.6 is 0 Å². The van der Waals surface area contributed by atoms with Crippen LogP contribution in [0.15, 0.2) is 12.3 Å². The van der Waals surface area contributed by atoms with Gasteiger partial charge in [-0.05, 0) is 24.3 Å². The Bertz CT molecular complexity index is 557. The number of carbonyl (C=O) groups excluding carboxylic acids is 1. The lowest BCUT2D eigenvalue weighted by molar-refractivity contribution is -0.385. The molecule has 2 rings (SSSR count). The van der Waals surface area contributed by atoms with Crippen LogP contribution in [0.4, 0.5) is 11.5 Å². The van der Waals surface area contributed by atoms with E-state index in [1.165, 1.54) is 6.07 Å². The average molecular weight is 278 g/mol. The number of nitrogens with zero attached hydrogens (tertiary/aromatic N) is 2. The summed E-state index contributed by atoms with van der Waals surface area (Å²) in [5.74, 6) is -0.378. The molecule has 1 atom stereocenters. The van der Waals surface area contributed by atoms with Gasteiger partial charge in [0.15, 0.2) is 0 Å². The second-order valence-electron chi connectivity index (χ2n) is 5.79. The predicted molar refractivity (Wildman–Crippen MR) is 74.2 cm³/mol. The van der Waals surface area contributed by atoms with Crippen molar-refractivity contribution in [3.05, 3.63) is 27.9 Å². The van der Waals surface area contributed by atoms with Crippen LogP contribution in [0.2, 0.25) is 0 Å². The maximum atomic E-state index is 12.3. The number of carbonyl (C=O) groups is 1. The summed E-state index contributed by atoms with van der Waals surface area (Å²) in [7, 11) is 0. The number of pyridine rings is 1. The Morgan fingerprint density at radius 1 is 1.60 bits per heavy atom. The van der Waals surface area contributed by atoms with Crippen molar-refractivity contribution in [2.24, 2.45) is 5.41 Å². The Hall–Kier alpha value is -2.18. The topological polar surface area (TPSA) is 111 Å². The van der Waals surface area contributed by atoms with Gasteiger partial charge in [0.1, 0.15) is 17.6 Å². The van der Waals surface area contributed by atoms with Gasteiger partial charge in [-0.2, -0.15) is 0 Å². The lowest BCUT2D eigenvalue weighted by Gasteiger charge is -2.27. The van der Waals surface area contributed by atoms with Crippen LogP contribution in [-0.4, -0.2) is 21.9 Å². The molecule has 7 nitrogen and oxygen atoms in total. The van der Waals surface area contributed by atoms with E-state index in [1.54, 1.807) is 0 Å². The second kappa shape index (κ2) is 5.07. The van der Waals surface area contributed by atoms with Crippen molar-refractivity contribution < 1.29 is 9.72 Å². The summed E-state index contributed by atoms with van der Waals surface area (Å²) in [6.45, 7) is 4.17. The van der Waals surface area contributed by atoms with E-state index in [4.69, 9.17) is 5.73 Å². The van der Waals surface area contributed by atoms with Crippen molar-refractivity contribution in [3.8, 4) is 0 Å². The van der Waals surface area contributed by atoms with Crippen LogP contribution in [0, 0.1) is 15.5 Å². The van der Waals surface area contributed by atoms with E-state index < -0.39 is 10.8 Å². The Morgan fingerprint density at radius 3 is 2.85 bits per heavy atom. The molecular weight excluding hydrogens is 260 g/mol. The first-order chi connectivity index (χ1) is 9.31. The van der Waals surface area contributed by atoms with E-state index in [-0.39, 0.29) is 28.5 Å². The van der Waals surface area contributed by atoms with Gasteiger partial charge in [0.2, 0.25) is 0 Å². The fourth-order valence-electron chi connectivity index (χ4n) is 2.62. The van der Waals surface area contributed by atoms with Gasteiger partial charge >= 0.3 is 0 Å². The Kier molecular flexibility index (Phi) is 3.61. The van der Waals surface area contributed by atoms with E-state index >= 15 is 0 Å². The first-order valence-corrected chi connectivity index (χ1v) is 6.52. The van der Waals surface area contributed by atoms with Crippen molar-refractivity contribution in [2.45, 2.75) is 39.2 Å². The van der Waals surface area contributed by atoms with Crippen molar-refractivity contribution in [1.29, 1.82) is 0 Å². The second-order valence-corrected chi connectivity index (χ2v) is 5.79. The molecule has 1 aromatic rings. The summed E-state index contributed by atoms with van der Waals surface area (Å²) >= 11 is 0. The number of rotatable bonds is 3. The number of nitrogen functional groups attached to an aromatic ring is 1. The summed E-state index contributed by atoms with van der Waals surface area (Å²) in [6.07, 6.45) is 3.97. The molecule has 1 amide bonds. The quantitative estimate of drug-likeness (QED) is 0.647. The molecule has 1 aromatic heterocycles. The molecule has 20 heavy (non-hydrogen) atoms. The smallest absolute Gasteiger partial charge is 0.300 e. The average Bonchev–Trinajstić information content (AvgIpc) is 2.68. The maximum Gasteiger partial charge on any atom is 0.300 e. The Balaban J connectivity index is 2.25. The van der Waals surface area contributed by atoms with Gasteiger partial charge in [0.05, 0.1) is 4.92 Å². The SMILES string of the molecule is CC1(C)CCCC1NC(=O)c1cc(N)ncc1[N+](=O)[O-]. The van der Waals surface area contributed by atoms with E-state index in [2.05, 4.69) is 24.1 Å². The van der Waals surface area contributed by atoms with Gasteiger partial charge in [-0.3, -0.25) is 14.9 Å². The fourth-order valence-corrected chi connectivity index (χ4v) is 2.62. The van der Waals surface area contributed by atoms with Crippen molar-refractivity contribution in [1.82, 2.24) is 10.3 Å². The number of nitrogens with two attached hydrogens (primary N) is 1. The zero-order chi connectivity index (χ0) is 14.9. The Morgan fingerprint density at radius 2 is 2.30 bits per heavy atom. The molecule has 0 spiro atoms.